The molecule has 1 N–H and O–H groups in total. The highest BCUT2D eigenvalue weighted by Crippen LogP contribution is 2.25. The van der Waals surface area contributed by atoms with Gasteiger partial charge in [0.2, 0.25) is 0 Å². The van der Waals surface area contributed by atoms with Crippen molar-refractivity contribution >= 4 is 5.69 Å². The smallest absolute Gasteiger partial charge is 0.0780 e. The zero-order chi connectivity index (χ0) is 14.3. The first-order valence-electron chi connectivity index (χ1n) is 7.89. The summed E-state index contributed by atoms with van der Waals surface area (Å²) >= 11 is 0. The number of hydrogen-bond acceptors (Lipinski definition) is 2. The van der Waals surface area contributed by atoms with Crippen molar-refractivity contribution in [3.8, 4) is 0 Å². The van der Waals surface area contributed by atoms with Crippen LogP contribution < -0.4 is 5.32 Å². The number of nitrogens with one attached hydrogen (secondary N) is 1. The molecule has 1 saturated carbocycles. The maximum Gasteiger partial charge on any atom is 0.0780 e. The molecule has 3 rings (SSSR count). The van der Waals surface area contributed by atoms with Crippen molar-refractivity contribution in [2.45, 2.75) is 44.4 Å². The number of benzene rings is 2. The normalized spacial score (nSPS) is 21.9. The van der Waals surface area contributed by atoms with E-state index in [2.05, 4.69) is 59.9 Å². The number of anilines is 1. The van der Waals surface area contributed by atoms with E-state index in [1.807, 2.05) is 6.07 Å². The van der Waals surface area contributed by atoms with Gasteiger partial charge in [0.15, 0.2) is 0 Å². The van der Waals surface area contributed by atoms with Crippen LogP contribution in [0.3, 0.4) is 0 Å². The SMILES string of the molecule is c1ccc(CO[C@H]2CCCC[C@@H]2Nc2ccccc2)cc1. The van der Waals surface area contributed by atoms with Gasteiger partial charge in [-0.3, -0.25) is 0 Å². The minimum atomic E-state index is 0.305. The van der Waals surface area contributed by atoms with Crippen LogP contribution in [0.5, 0.6) is 0 Å². The van der Waals surface area contributed by atoms with Gasteiger partial charge in [-0.2, -0.15) is 0 Å². The molecule has 1 aliphatic carbocycles. The van der Waals surface area contributed by atoms with Crippen molar-refractivity contribution in [3.05, 3.63) is 66.2 Å². The summed E-state index contributed by atoms with van der Waals surface area (Å²) in [4.78, 5) is 0. The molecule has 0 saturated heterocycles. The molecule has 2 aromatic rings. The van der Waals surface area contributed by atoms with Gasteiger partial charge in [0.1, 0.15) is 0 Å². The molecule has 2 atom stereocenters. The number of hydrogen-bond donors (Lipinski definition) is 1. The van der Waals surface area contributed by atoms with E-state index in [1.54, 1.807) is 0 Å². The first-order chi connectivity index (χ1) is 10.4. The van der Waals surface area contributed by atoms with Crippen molar-refractivity contribution in [1.82, 2.24) is 0 Å². The van der Waals surface area contributed by atoms with E-state index in [0.717, 1.165) is 6.42 Å². The quantitative estimate of drug-likeness (QED) is 0.863. The Hall–Kier alpha value is -1.80. The summed E-state index contributed by atoms with van der Waals surface area (Å²) in [5.41, 5.74) is 2.44. The topological polar surface area (TPSA) is 21.3 Å². The molecule has 0 aromatic heterocycles. The van der Waals surface area contributed by atoms with Gasteiger partial charge in [0.25, 0.3) is 0 Å². The molecule has 2 heteroatoms. The molecule has 1 fully saturated rings. The molecule has 0 bridgehead atoms. The highest BCUT2D eigenvalue weighted by atomic mass is 16.5. The third-order valence-corrected chi connectivity index (χ3v) is 4.14. The van der Waals surface area contributed by atoms with E-state index in [1.165, 1.54) is 30.5 Å². The number of para-hydroxylation sites is 1. The van der Waals surface area contributed by atoms with Crippen LogP contribution >= 0.6 is 0 Å². The van der Waals surface area contributed by atoms with Crippen molar-refractivity contribution in [1.29, 1.82) is 0 Å². The van der Waals surface area contributed by atoms with Crippen LogP contribution in [0.25, 0.3) is 0 Å². The van der Waals surface area contributed by atoms with Crippen LogP contribution in [0, 0.1) is 0 Å². The third-order valence-electron chi connectivity index (χ3n) is 4.14. The number of ether oxygens (including phenoxy) is 1. The summed E-state index contributed by atoms with van der Waals surface area (Å²) in [5, 5.41) is 3.64. The Bertz CT molecular complexity index is 526. The predicted octanol–water partition coefficient (Wildman–Crippen LogP) is 4.63. The molecule has 0 spiro atoms. The first-order valence-corrected chi connectivity index (χ1v) is 7.89. The fourth-order valence-corrected chi connectivity index (χ4v) is 2.99. The summed E-state index contributed by atoms with van der Waals surface area (Å²) in [7, 11) is 0. The van der Waals surface area contributed by atoms with Gasteiger partial charge in [-0.15, -0.1) is 0 Å². The maximum atomic E-state index is 6.19. The van der Waals surface area contributed by atoms with E-state index >= 15 is 0 Å². The van der Waals surface area contributed by atoms with E-state index in [0.29, 0.717) is 18.8 Å². The Morgan fingerprint density at radius 2 is 1.52 bits per heavy atom. The fourth-order valence-electron chi connectivity index (χ4n) is 2.99. The van der Waals surface area contributed by atoms with Gasteiger partial charge in [-0.25, -0.2) is 0 Å². The summed E-state index contributed by atoms with van der Waals surface area (Å²) in [6, 6.07) is 21.3. The zero-order valence-corrected chi connectivity index (χ0v) is 12.4. The van der Waals surface area contributed by atoms with Crippen LogP contribution in [0.1, 0.15) is 31.2 Å². The van der Waals surface area contributed by atoms with E-state index in [9.17, 15) is 0 Å². The van der Waals surface area contributed by atoms with E-state index < -0.39 is 0 Å². The van der Waals surface area contributed by atoms with Crippen molar-refractivity contribution in [3.63, 3.8) is 0 Å². The third kappa shape index (κ3) is 4.08. The number of rotatable bonds is 5. The lowest BCUT2D eigenvalue weighted by molar-refractivity contribution is 0.00884. The van der Waals surface area contributed by atoms with Crippen molar-refractivity contribution < 1.29 is 4.74 Å². The Morgan fingerprint density at radius 3 is 2.29 bits per heavy atom. The molecule has 1 aliphatic rings. The fraction of sp³-hybridized carbons (Fsp3) is 0.368. The molecule has 2 aromatic carbocycles. The summed E-state index contributed by atoms with van der Waals surface area (Å²) < 4.78 is 6.19. The highest BCUT2D eigenvalue weighted by Gasteiger charge is 2.25. The van der Waals surface area contributed by atoms with Gasteiger partial charge < -0.3 is 10.1 Å². The second-order valence-electron chi connectivity index (χ2n) is 5.74. The molecular formula is C19H23NO. The molecular weight excluding hydrogens is 258 g/mol. The van der Waals surface area contributed by atoms with Crippen LogP contribution in [0.4, 0.5) is 5.69 Å². The molecule has 0 unspecified atom stereocenters. The predicted molar refractivity (Wildman–Crippen MR) is 87.3 cm³/mol. The lowest BCUT2D eigenvalue weighted by Gasteiger charge is -2.33. The minimum Gasteiger partial charge on any atom is -0.380 e. The largest absolute Gasteiger partial charge is 0.380 e. The lowest BCUT2D eigenvalue weighted by atomic mass is 9.92. The minimum absolute atomic E-state index is 0.305. The van der Waals surface area contributed by atoms with Gasteiger partial charge >= 0.3 is 0 Å². The van der Waals surface area contributed by atoms with Crippen LogP contribution in [0.2, 0.25) is 0 Å². The first kappa shape index (κ1) is 14.2. The van der Waals surface area contributed by atoms with Crippen LogP contribution in [-0.2, 0) is 11.3 Å². The average molecular weight is 281 g/mol. The maximum absolute atomic E-state index is 6.19. The molecule has 0 aliphatic heterocycles. The Morgan fingerprint density at radius 1 is 0.857 bits per heavy atom. The van der Waals surface area contributed by atoms with Crippen molar-refractivity contribution in [2.75, 3.05) is 5.32 Å². The Labute approximate surface area is 127 Å². The standard InChI is InChI=1S/C19H23NO/c1-3-9-16(10-4-1)15-21-19-14-8-7-13-18(19)20-17-11-5-2-6-12-17/h1-6,9-12,18-20H,7-8,13-15H2/t18-,19-/m0/s1. The highest BCUT2D eigenvalue weighted by molar-refractivity contribution is 5.43. The Kier molecular flexibility index (Phi) is 4.90. The van der Waals surface area contributed by atoms with Crippen LogP contribution in [-0.4, -0.2) is 12.1 Å². The molecule has 21 heavy (non-hydrogen) atoms. The van der Waals surface area contributed by atoms with Crippen molar-refractivity contribution in [2.24, 2.45) is 0 Å². The summed E-state index contributed by atoms with van der Waals surface area (Å²) in [5.74, 6) is 0. The van der Waals surface area contributed by atoms with Gasteiger partial charge in [0, 0.05) is 5.69 Å². The molecule has 2 nitrogen and oxygen atoms in total. The molecule has 0 amide bonds. The molecule has 0 heterocycles. The van der Waals surface area contributed by atoms with Crippen LogP contribution in [0.15, 0.2) is 60.7 Å². The van der Waals surface area contributed by atoms with Gasteiger partial charge in [0.05, 0.1) is 18.8 Å². The Balaban J connectivity index is 1.59. The summed E-state index contributed by atoms with van der Waals surface area (Å²) in [6.07, 6.45) is 5.20. The van der Waals surface area contributed by atoms with E-state index in [-0.39, 0.29) is 0 Å². The zero-order valence-electron chi connectivity index (χ0n) is 12.4. The van der Waals surface area contributed by atoms with E-state index in [4.69, 9.17) is 4.74 Å². The average Bonchev–Trinajstić information content (AvgIpc) is 2.56. The van der Waals surface area contributed by atoms with Gasteiger partial charge in [-0.1, -0.05) is 61.4 Å². The lowest BCUT2D eigenvalue weighted by Crippen LogP contribution is -2.38. The monoisotopic (exact) mass is 281 g/mol. The molecule has 0 radical (unpaired) electrons. The molecule has 110 valence electrons. The van der Waals surface area contributed by atoms with Gasteiger partial charge in [-0.05, 0) is 30.5 Å². The summed E-state index contributed by atoms with van der Waals surface area (Å²) in [6.45, 7) is 0.707. The second kappa shape index (κ2) is 7.28. The second-order valence-corrected chi connectivity index (χ2v) is 5.74.